The van der Waals surface area contributed by atoms with Crippen molar-refractivity contribution in [1.29, 1.82) is 0 Å². The van der Waals surface area contributed by atoms with Crippen LogP contribution in [0, 0.1) is 32.6 Å². The Labute approximate surface area is 267 Å². The second-order valence-corrected chi connectivity index (χ2v) is 12.5. The largest absolute Gasteiger partial charge is 0.464 e. The molecule has 0 aliphatic carbocycles. The minimum Gasteiger partial charge on any atom is -0.464 e. The van der Waals surface area contributed by atoms with Crippen LogP contribution >= 0.6 is 0 Å². The van der Waals surface area contributed by atoms with E-state index in [1.54, 1.807) is 6.92 Å². The lowest BCUT2D eigenvalue weighted by Gasteiger charge is -2.33. The second kappa shape index (κ2) is 11.2. The summed E-state index contributed by atoms with van der Waals surface area (Å²) in [6.07, 6.45) is 9.36. The van der Waals surface area contributed by atoms with Crippen LogP contribution in [0.25, 0.3) is 29.9 Å². The van der Waals surface area contributed by atoms with Crippen LogP contribution in [0.4, 0.5) is 0 Å². The maximum absolute atomic E-state index is 13.6. The monoisotopic (exact) mass is 624 g/mol. The number of rotatable bonds is 6. The number of aromatic amines is 3. The summed E-state index contributed by atoms with van der Waals surface area (Å²) in [6.45, 7) is 15.7. The Hall–Kier alpha value is -4.83. The smallest absolute Gasteiger partial charge is 0.384 e. The van der Waals surface area contributed by atoms with Crippen molar-refractivity contribution in [2.75, 3.05) is 7.11 Å². The van der Waals surface area contributed by atoms with E-state index in [1.807, 2.05) is 32.1 Å². The molecular weight excluding hydrogens is 584 g/mol. The average molecular weight is 625 g/mol. The number of esters is 2. The molecule has 6 rings (SSSR count). The lowest BCUT2D eigenvalue weighted by Crippen LogP contribution is -2.49. The second-order valence-electron chi connectivity index (χ2n) is 12.5. The Balaban J connectivity index is 1.78. The number of carbonyl (C=O) groups excluding carboxylic acids is 3. The minimum atomic E-state index is -2.74. The number of ether oxygens (including phenoxy) is 2. The fraction of sp³-hybridized carbons (Fsp3) is 0.361. The van der Waals surface area contributed by atoms with Crippen LogP contribution in [-0.2, 0) is 25.5 Å². The van der Waals surface area contributed by atoms with Crippen molar-refractivity contribution in [1.82, 2.24) is 20.3 Å². The summed E-state index contributed by atoms with van der Waals surface area (Å²) in [5, 5.41) is 17.3. The molecule has 3 atom stereocenters. The zero-order chi connectivity index (χ0) is 33.2. The van der Waals surface area contributed by atoms with E-state index < -0.39 is 17.7 Å². The summed E-state index contributed by atoms with van der Waals surface area (Å²) in [7, 11) is 1.13. The zero-order valence-electron chi connectivity index (χ0n) is 27.3. The number of nitrogens with one attached hydrogen (secondary N) is 4. The van der Waals surface area contributed by atoms with E-state index in [0.717, 1.165) is 63.6 Å². The number of carbonyl (C=O) groups is 3. The third-order valence-corrected chi connectivity index (χ3v) is 9.86. The topological polar surface area (TPSA) is 149 Å². The van der Waals surface area contributed by atoms with Gasteiger partial charge in [0.2, 0.25) is 0 Å². The molecule has 10 nitrogen and oxygen atoms in total. The fourth-order valence-corrected chi connectivity index (χ4v) is 7.22. The SMILES string of the molecule is C=Cc1c2[nH]c(c1C)C=C1NC(=C3c4[nH]c(c(C)c4C(=O)O[C@]3(O)C(=O)OC)C=c3[nH]c(c(C)c3CC)=C2)[C@@H](CCC(C)=O)[C@@H]1C. The summed E-state index contributed by atoms with van der Waals surface area (Å²) < 4.78 is 10.6. The maximum Gasteiger partial charge on any atom is 0.384 e. The standard InChI is InChI=1S/C36H40N4O6/c1-9-21-17(4)24-13-26-19(6)23(12-11-16(3)41)32(39-26)31-33-30(34(42)46-36(31,44)35(43)45-8)20(7)27(40-33)15-29-22(10-2)18(5)25(38-29)14-28(21)37-24/h9,13-15,19,23,37-40,44H,1,10-12H2,2-8H3/t19-,23-,36-/m0/s1. The van der Waals surface area contributed by atoms with Gasteiger partial charge < -0.3 is 39.6 Å². The van der Waals surface area contributed by atoms with Crippen molar-refractivity contribution in [2.24, 2.45) is 11.8 Å². The van der Waals surface area contributed by atoms with Gasteiger partial charge in [-0.05, 0) is 81.0 Å². The normalized spacial score (nSPS) is 21.6. The molecule has 3 aliphatic heterocycles. The van der Waals surface area contributed by atoms with Crippen LogP contribution in [0.2, 0.25) is 0 Å². The number of allylic oxidation sites excluding steroid dienone is 2. The van der Waals surface area contributed by atoms with E-state index in [-0.39, 0.29) is 40.9 Å². The van der Waals surface area contributed by atoms with Gasteiger partial charge in [-0.25, -0.2) is 9.59 Å². The van der Waals surface area contributed by atoms with Crippen molar-refractivity contribution in [3.63, 3.8) is 0 Å². The highest BCUT2D eigenvalue weighted by molar-refractivity contribution is 6.08. The molecule has 3 aromatic rings. The molecule has 1 fully saturated rings. The van der Waals surface area contributed by atoms with Gasteiger partial charge in [0, 0.05) is 63.0 Å². The van der Waals surface area contributed by atoms with Crippen LogP contribution in [0.5, 0.6) is 0 Å². The van der Waals surface area contributed by atoms with Gasteiger partial charge in [-0.3, -0.25) is 0 Å². The van der Waals surface area contributed by atoms with E-state index in [1.165, 1.54) is 6.92 Å². The molecule has 8 bridgehead atoms. The number of hydrogen-bond donors (Lipinski definition) is 5. The molecular formula is C36H40N4O6. The first-order valence-corrected chi connectivity index (χ1v) is 15.6. The molecule has 0 spiro atoms. The first-order valence-electron chi connectivity index (χ1n) is 15.6. The molecule has 6 heterocycles. The van der Waals surface area contributed by atoms with E-state index >= 15 is 0 Å². The Morgan fingerprint density at radius 1 is 1.04 bits per heavy atom. The van der Waals surface area contributed by atoms with Crippen molar-refractivity contribution in [2.45, 2.75) is 66.6 Å². The summed E-state index contributed by atoms with van der Waals surface area (Å²) >= 11 is 0. The molecule has 0 unspecified atom stereocenters. The van der Waals surface area contributed by atoms with Gasteiger partial charge in [-0.1, -0.05) is 26.5 Å². The predicted octanol–water partition coefficient (Wildman–Crippen LogP) is 3.78. The van der Waals surface area contributed by atoms with Crippen LogP contribution in [0.15, 0.2) is 18.0 Å². The molecule has 240 valence electrons. The van der Waals surface area contributed by atoms with E-state index in [2.05, 4.69) is 46.8 Å². The van der Waals surface area contributed by atoms with Gasteiger partial charge in [-0.15, -0.1) is 0 Å². The quantitative estimate of drug-likeness (QED) is 0.262. The highest BCUT2D eigenvalue weighted by Crippen LogP contribution is 2.48. The molecule has 1 saturated heterocycles. The molecule has 0 radical (unpaired) electrons. The number of cyclic esters (lactones) is 1. The number of ketones is 1. The molecule has 0 aromatic carbocycles. The number of Topliss-reactive ketones (excluding diaryl/α,β-unsaturated/α-hetero) is 1. The first-order chi connectivity index (χ1) is 21.8. The Morgan fingerprint density at radius 3 is 2.39 bits per heavy atom. The number of fused-ring (bicyclic) bond motifs is 7. The predicted molar refractivity (Wildman–Crippen MR) is 175 cm³/mol. The van der Waals surface area contributed by atoms with Crippen LogP contribution in [-0.4, -0.2) is 50.7 Å². The van der Waals surface area contributed by atoms with Crippen molar-refractivity contribution < 1.29 is 29.0 Å². The summed E-state index contributed by atoms with van der Waals surface area (Å²) in [4.78, 5) is 49.6. The lowest BCUT2D eigenvalue weighted by atomic mass is 9.83. The Kier molecular flexibility index (Phi) is 7.59. The number of aliphatic hydroxyl groups is 1. The summed E-state index contributed by atoms with van der Waals surface area (Å²) in [5.74, 6) is -5.20. The Morgan fingerprint density at radius 2 is 1.74 bits per heavy atom. The highest BCUT2D eigenvalue weighted by Gasteiger charge is 2.55. The van der Waals surface area contributed by atoms with Gasteiger partial charge >= 0.3 is 17.7 Å². The molecule has 10 heteroatoms. The molecule has 3 aliphatic rings. The molecule has 0 saturated carbocycles. The Bertz CT molecular complexity index is 2030. The first kappa shape index (κ1) is 31.2. The third kappa shape index (κ3) is 4.62. The van der Waals surface area contributed by atoms with Crippen molar-refractivity contribution in [3.8, 4) is 0 Å². The van der Waals surface area contributed by atoms with Crippen molar-refractivity contribution in [3.05, 3.63) is 84.8 Å². The summed E-state index contributed by atoms with van der Waals surface area (Å²) in [5.41, 5.74) is 9.01. The molecule has 46 heavy (non-hydrogen) atoms. The molecule has 3 aromatic heterocycles. The number of aromatic nitrogens is 3. The number of methoxy groups -OCH3 is 1. The van der Waals surface area contributed by atoms with Gasteiger partial charge in [0.25, 0.3) is 0 Å². The fourth-order valence-electron chi connectivity index (χ4n) is 7.22. The van der Waals surface area contributed by atoms with E-state index in [4.69, 9.17) is 9.47 Å². The number of hydrogen-bond acceptors (Lipinski definition) is 7. The highest BCUT2D eigenvalue weighted by atomic mass is 16.7. The third-order valence-electron chi connectivity index (χ3n) is 9.86. The van der Waals surface area contributed by atoms with E-state index in [9.17, 15) is 19.5 Å². The zero-order valence-corrected chi connectivity index (χ0v) is 27.3. The van der Waals surface area contributed by atoms with Crippen LogP contribution in [0.1, 0.15) is 94.6 Å². The maximum atomic E-state index is 13.6. The van der Waals surface area contributed by atoms with Gasteiger partial charge in [-0.2, -0.15) is 0 Å². The molecule has 0 amide bonds. The van der Waals surface area contributed by atoms with E-state index in [0.29, 0.717) is 23.4 Å². The summed E-state index contributed by atoms with van der Waals surface area (Å²) in [6, 6.07) is 0. The van der Waals surface area contributed by atoms with Gasteiger partial charge in [0.15, 0.2) is 0 Å². The van der Waals surface area contributed by atoms with Gasteiger partial charge in [0.05, 0.1) is 23.9 Å². The van der Waals surface area contributed by atoms with Crippen LogP contribution in [0.3, 0.4) is 0 Å². The lowest BCUT2D eigenvalue weighted by molar-refractivity contribution is -0.189. The van der Waals surface area contributed by atoms with Crippen LogP contribution < -0.4 is 16.0 Å². The number of H-pyrrole nitrogens is 3. The molecule has 5 N–H and O–H groups in total. The van der Waals surface area contributed by atoms with Crippen molar-refractivity contribution >= 4 is 47.6 Å². The minimum absolute atomic E-state index is 0.0159. The average Bonchev–Trinajstić information content (AvgIpc) is 3.68. The van der Waals surface area contributed by atoms with Gasteiger partial charge in [0.1, 0.15) is 5.78 Å².